The highest BCUT2D eigenvalue weighted by Gasteiger charge is 2.52. The Hall–Kier alpha value is -2.57. The van der Waals surface area contributed by atoms with Crippen LogP contribution < -0.4 is 15.0 Å². The maximum Gasteiger partial charge on any atom is 0.325 e. The molecule has 1 aromatic rings. The van der Waals surface area contributed by atoms with E-state index < -0.39 is 11.6 Å². The van der Waals surface area contributed by atoms with Crippen molar-refractivity contribution in [1.29, 1.82) is 0 Å². The maximum atomic E-state index is 13.3. The number of nitrogens with zero attached hydrogens (tertiary/aromatic N) is 2. The molecule has 0 atom stereocenters. The number of amides is 4. The van der Waals surface area contributed by atoms with E-state index in [2.05, 4.69) is 12.2 Å². The predicted octanol–water partition coefficient (Wildman–Crippen LogP) is 3.17. The molecule has 0 bridgehead atoms. The van der Waals surface area contributed by atoms with Crippen LogP contribution in [0.15, 0.2) is 12.1 Å². The molecule has 4 rings (SSSR count). The summed E-state index contributed by atoms with van der Waals surface area (Å²) in [5.41, 5.74) is 2.17. The second kappa shape index (κ2) is 7.93. The number of carbonyl (C=O) groups is 3. The summed E-state index contributed by atoms with van der Waals surface area (Å²) >= 11 is 0. The van der Waals surface area contributed by atoms with E-state index >= 15 is 0 Å². The number of urea groups is 1. The van der Waals surface area contributed by atoms with Gasteiger partial charge in [-0.2, -0.15) is 0 Å². The number of methoxy groups -OCH3 is 1. The Morgan fingerprint density at radius 2 is 2.00 bits per heavy atom. The molecule has 2 heterocycles. The number of anilines is 1. The summed E-state index contributed by atoms with van der Waals surface area (Å²) in [5, 5.41) is 2.91. The number of hydrogen-bond acceptors (Lipinski definition) is 4. The standard InChI is InChI=1S/C23H31N3O4/c1-4-16-9-11-23(12-10-16)21(28)26(22(29)24-23)14-19(27)25-13-5-6-17-15(2)7-8-18(30-3)20(17)25/h7-8,16H,4-6,9-14H2,1-3H3,(H,24,29). The largest absolute Gasteiger partial charge is 0.495 e. The van der Waals surface area contributed by atoms with Crippen LogP contribution in [0.2, 0.25) is 0 Å². The third-order valence-electron chi connectivity index (χ3n) is 7.15. The van der Waals surface area contributed by atoms with Gasteiger partial charge in [-0.3, -0.25) is 14.5 Å². The number of aryl methyl sites for hydroxylation is 1. The minimum atomic E-state index is -0.822. The van der Waals surface area contributed by atoms with Gasteiger partial charge < -0.3 is 15.0 Å². The van der Waals surface area contributed by atoms with E-state index in [0.29, 0.717) is 31.1 Å². The van der Waals surface area contributed by atoms with Crippen LogP contribution in [-0.2, 0) is 16.0 Å². The number of rotatable bonds is 4. The van der Waals surface area contributed by atoms with Crippen molar-refractivity contribution >= 4 is 23.5 Å². The highest BCUT2D eigenvalue weighted by molar-refractivity contribution is 6.10. The van der Waals surface area contributed by atoms with Crippen LogP contribution in [0, 0.1) is 12.8 Å². The van der Waals surface area contributed by atoms with E-state index in [9.17, 15) is 14.4 Å². The Morgan fingerprint density at radius 3 is 2.67 bits per heavy atom. The van der Waals surface area contributed by atoms with E-state index in [1.807, 2.05) is 19.1 Å². The SMILES string of the molecule is CCC1CCC2(CC1)NC(=O)N(CC(=O)N1CCCc3c(C)ccc(OC)c31)C2=O. The van der Waals surface area contributed by atoms with E-state index in [1.165, 1.54) is 0 Å². The van der Waals surface area contributed by atoms with Crippen LogP contribution in [0.1, 0.15) is 56.6 Å². The van der Waals surface area contributed by atoms with Gasteiger partial charge in [-0.25, -0.2) is 4.79 Å². The van der Waals surface area contributed by atoms with Crippen molar-refractivity contribution in [2.75, 3.05) is 25.1 Å². The van der Waals surface area contributed by atoms with Crippen LogP contribution in [0.4, 0.5) is 10.5 Å². The average molecular weight is 414 g/mol. The molecule has 1 spiro atoms. The van der Waals surface area contributed by atoms with E-state index in [-0.39, 0.29) is 18.4 Å². The minimum Gasteiger partial charge on any atom is -0.495 e. The molecule has 4 amide bonds. The quantitative estimate of drug-likeness (QED) is 0.769. The molecule has 0 unspecified atom stereocenters. The Kier molecular flexibility index (Phi) is 5.47. The monoisotopic (exact) mass is 413 g/mol. The molecule has 2 aliphatic heterocycles. The average Bonchev–Trinajstić information content (AvgIpc) is 2.98. The molecular formula is C23H31N3O4. The zero-order chi connectivity index (χ0) is 21.5. The third-order valence-corrected chi connectivity index (χ3v) is 7.15. The third kappa shape index (κ3) is 3.34. The number of hydrogen-bond donors (Lipinski definition) is 1. The molecule has 1 N–H and O–H groups in total. The number of ether oxygens (including phenoxy) is 1. The summed E-state index contributed by atoms with van der Waals surface area (Å²) in [5.74, 6) is 0.762. The van der Waals surface area contributed by atoms with Gasteiger partial charge in [0.1, 0.15) is 17.8 Å². The Morgan fingerprint density at radius 1 is 1.27 bits per heavy atom. The minimum absolute atomic E-state index is 0.236. The first-order valence-electron chi connectivity index (χ1n) is 11.0. The molecule has 2 fully saturated rings. The smallest absolute Gasteiger partial charge is 0.325 e. The molecular weight excluding hydrogens is 382 g/mol. The van der Waals surface area contributed by atoms with E-state index in [0.717, 1.165) is 53.8 Å². The van der Waals surface area contributed by atoms with Gasteiger partial charge in [-0.1, -0.05) is 19.4 Å². The van der Waals surface area contributed by atoms with Gasteiger partial charge in [0.05, 0.1) is 12.8 Å². The normalized spacial score (nSPS) is 26.0. The highest BCUT2D eigenvalue weighted by Crippen LogP contribution is 2.40. The van der Waals surface area contributed by atoms with E-state index in [1.54, 1.807) is 12.0 Å². The highest BCUT2D eigenvalue weighted by atomic mass is 16.5. The summed E-state index contributed by atoms with van der Waals surface area (Å²) in [6.45, 7) is 4.51. The first kappa shape index (κ1) is 20.7. The lowest BCUT2D eigenvalue weighted by molar-refractivity contribution is -0.135. The van der Waals surface area contributed by atoms with Crippen molar-refractivity contribution in [1.82, 2.24) is 10.2 Å². The summed E-state index contributed by atoms with van der Waals surface area (Å²) < 4.78 is 5.52. The van der Waals surface area contributed by atoms with Crippen molar-refractivity contribution in [2.45, 2.75) is 64.3 Å². The fourth-order valence-electron chi connectivity index (χ4n) is 5.22. The van der Waals surface area contributed by atoms with Crippen molar-refractivity contribution < 1.29 is 19.1 Å². The summed E-state index contributed by atoms with van der Waals surface area (Å²) in [7, 11) is 1.59. The lowest BCUT2D eigenvalue weighted by Crippen LogP contribution is -2.50. The van der Waals surface area contributed by atoms with Gasteiger partial charge in [0.2, 0.25) is 5.91 Å². The second-order valence-corrected chi connectivity index (χ2v) is 8.82. The van der Waals surface area contributed by atoms with Gasteiger partial charge >= 0.3 is 6.03 Å². The van der Waals surface area contributed by atoms with Crippen molar-refractivity contribution in [3.8, 4) is 5.75 Å². The molecule has 7 heteroatoms. The van der Waals surface area contributed by atoms with Crippen molar-refractivity contribution in [3.05, 3.63) is 23.3 Å². The number of fused-ring (bicyclic) bond motifs is 1. The van der Waals surface area contributed by atoms with Crippen LogP contribution in [0.25, 0.3) is 0 Å². The Balaban J connectivity index is 1.54. The zero-order valence-electron chi connectivity index (χ0n) is 18.1. The van der Waals surface area contributed by atoms with Gasteiger partial charge in [-0.05, 0) is 68.6 Å². The molecule has 0 radical (unpaired) electrons. The number of carbonyl (C=O) groups excluding carboxylic acids is 3. The molecule has 162 valence electrons. The molecule has 3 aliphatic rings. The van der Waals surface area contributed by atoms with Gasteiger partial charge in [-0.15, -0.1) is 0 Å². The molecule has 1 aromatic carbocycles. The van der Waals surface area contributed by atoms with Crippen LogP contribution in [0.3, 0.4) is 0 Å². The van der Waals surface area contributed by atoms with Gasteiger partial charge in [0.15, 0.2) is 0 Å². The lowest BCUT2D eigenvalue weighted by atomic mass is 9.75. The Bertz CT molecular complexity index is 873. The van der Waals surface area contributed by atoms with Crippen LogP contribution >= 0.6 is 0 Å². The molecule has 7 nitrogen and oxygen atoms in total. The van der Waals surface area contributed by atoms with E-state index in [4.69, 9.17) is 4.74 Å². The number of nitrogens with one attached hydrogen (secondary N) is 1. The molecule has 1 aliphatic carbocycles. The topological polar surface area (TPSA) is 79.0 Å². The predicted molar refractivity (Wildman–Crippen MR) is 114 cm³/mol. The van der Waals surface area contributed by atoms with Crippen molar-refractivity contribution in [2.24, 2.45) is 5.92 Å². The van der Waals surface area contributed by atoms with Crippen molar-refractivity contribution in [3.63, 3.8) is 0 Å². The summed E-state index contributed by atoms with van der Waals surface area (Å²) in [4.78, 5) is 41.9. The van der Waals surface area contributed by atoms with Crippen LogP contribution in [-0.4, -0.2) is 48.5 Å². The summed E-state index contributed by atoms with van der Waals surface area (Å²) in [6.07, 6.45) is 5.99. The fourth-order valence-corrected chi connectivity index (χ4v) is 5.22. The molecule has 1 saturated heterocycles. The first-order valence-corrected chi connectivity index (χ1v) is 11.0. The maximum absolute atomic E-state index is 13.3. The first-order chi connectivity index (χ1) is 14.4. The molecule has 30 heavy (non-hydrogen) atoms. The van der Waals surface area contributed by atoms with Crippen LogP contribution in [0.5, 0.6) is 5.75 Å². The number of benzene rings is 1. The fraction of sp³-hybridized carbons (Fsp3) is 0.609. The molecule has 0 aromatic heterocycles. The molecule has 1 saturated carbocycles. The lowest BCUT2D eigenvalue weighted by Gasteiger charge is -2.35. The summed E-state index contributed by atoms with van der Waals surface area (Å²) in [6, 6.07) is 3.42. The Labute approximate surface area is 177 Å². The van der Waals surface area contributed by atoms with Gasteiger partial charge in [0, 0.05) is 6.54 Å². The number of imide groups is 1. The second-order valence-electron chi connectivity index (χ2n) is 8.82. The van der Waals surface area contributed by atoms with Gasteiger partial charge in [0.25, 0.3) is 5.91 Å². The zero-order valence-corrected chi connectivity index (χ0v) is 18.1.